The van der Waals surface area contributed by atoms with Gasteiger partial charge in [0.25, 0.3) is 0 Å². The third kappa shape index (κ3) is 3.67. The van der Waals surface area contributed by atoms with E-state index in [0.717, 1.165) is 11.3 Å². The van der Waals surface area contributed by atoms with Crippen LogP contribution in [0.3, 0.4) is 0 Å². The fourth-order valence-electron chi connectivity index (χ4n) is 2.89. The molecule has 0 radical (unpaired) electrons. The summed E-state index contributed by atoms with van der Waals surface area (Å²) in [7, 11) is 3.43. The van der Waals surface area contributed by atoms with Crippen molar-refractivity contribution in [2.75, 3.05) is 13.6 Å². The average Bonchev–Trinajstić information content (AvgIpc) is 2.90. The molecule has 0 saturated heterocycles. The Morgan fingerprint density at radius 1 is 1.40 bits per heavy atom. The van der Waals surface area contributed by atoms with Crippen molar-refractivity contribution < 1.29 is 14.4 Å². The predicted octanol–water partition coefficient (Wildman–Crippen LogP) is 1.55. The van der Waals surface area contributed by atoms with E-state index >= 15 is 0 Å². The molecule has 0 aliphatic carbocycles. The molecule has 1 aromatic rings. The summed E-state index contributed by atoms with van der Waals surface area (Å²) in [6.45, 7) is 9.43. The Bertz CT molecular complexity index is 702. The largest absolute Gasteiger partial charge is 0.342 e. The van der Waals surface area contributed by atoms with Gasteiger partial charge in [0.1, 0.15) is 6.04 Å². The van der Waals surface area contributed by atoms with Crippen LogP contribution in [0.25, 0.3) is 0 Å². The van der Waals surface area contributed by atoms with Crippen molar-refractivity contribution in [2.45, 2.75) is 46.6 Å². The van der Waals surface area contributed by atoms with Crippen molar-refractivity contribution in [3.63, 3.8) is 0 Å². The Labute approximate surface area is 148 Å². The van der Waals surface area contributed by atoms with E-state index in [1.54, 1.807) is 37.4 Å². The van der Waals surface area contributed by atoms with Gasteiger partial charge in [0, 0.05) is 39.0 Å². The monoisotopic (exact) mass is 349 g/mol. The molecule has 1 amide bonds. The number of hydrogen-bond donors (Lipinski definition) is 1. The number of nitrogens with zero attached hydrogens (tertiary/aromatic N) is 4. The highest BCUT2D eigenvalue weighted by Gasteiger charge is 2.39. The molecule has 1 N–H and O–H groups in total. The number of rotatable bonds is 1. The van der Waals surface area contributed by atoms with Crippen molar-refractivity contribution in [1.82, 2.24) is 20.2 Å². The van der Waals surface area contributed by atoms with E-state index in [4.69, 9.17) is 4.84 Å². The molecular weight excluding hydrogens is 322 g/mol. The molecule has 1 aromatic heterocycles. The summed E-state index contributed by atoms with van der Waals surface area (Å²) >= 11 is 0. The van der Waals surface area contributed by atoms with Crippen molar-refractivity contribution >= 4 is 17.7 Å². The molecule has 25 heavy (non-hydrogen) atoms. The van der Waals surface area contributed by atoms with E-state index in [-0.39, 0.29) is 11.8 Å². The van der Waals surface area contributed by atoms with Gasteiger partial charge in [-0.25, -0.2) is 10.3 Å². The number of hydrogen-bond acceptors (Lipinski definition) is 5. The molecule has 1 aliphatic heterocycles. The number of aryl methyl sites for hydroxylation is 1. The second-order valence-electron chi connectivity index (χ2n) is 7.43. The lowest BCUT2D eigenvalue weighted by atomic mass is 9.91. The van der Waals surface area contributed by atoms with Gasteiger partial charge in [-0.05, 0) is 20.8 Å². The van der Waals surface area contributed by atoms with Crippen LogP contribution in [0.15, 0.2) is 11.2 Å². The summed E-state index contributed by atoms with van der Waals surface area (Å²) in [6, 6.07) is -0.478. The minimum absolute atomic E-state index is 0.0752. The second kappa shape index (κ2) is 6.85. The number of carbonyl (C=O) groups is 2. The SMILES string of the molecule is CN=C(NOC(=O)C(C)(C)C)[C@@H]1c2c(cnn2C)[C@@H](C)CN1C(C)=O. The Morgan fingerprint density at radius 3 is 2.56 bits per heavy atom. The molecule has 0 spiro atoms. The van der Waals surface area contributed by atoms with Gasteiger partial charge in [-0.1, -0.05) is 6.92 Å². The van der Waals surface area contributed by atoms with Gasteiger partial charge in [-0.15, -0.1) is 0 Å². The zero-order valence-corrected chi connectivity index (χ0v) is 16.0. The zero-order chi connectivity index (χ0) is 18.9. The van der Waals surface area contributed by atoms with Crippen LogP contribution in [0.5, 0.6) is 0 Å². The highest BCUT2D eigenvalue weighted by molar-refractivity contribution is 5.92. The van der Waals surface area contributed by atoms with Crippen LogP contribution in [0.2, 0.25) is 0 Å². The van der Waals surface area contributed by atoms with Crippen LogP contribution in [0.4, 0.5) is 0 Å². The van der Waals surface area contributed by atoms with Crippen molar-refractivity contribution in [2.24, 2.45) is 17.5 Å². The number of aromatic nitrogens is 2. The smallest absolute Gasteiger partial charge is 0.337 e. The van der Waals surface area contributed by atoms with Gasteiger partial charge in [0.05, 0.1) is 17.3 Å². The summed E-state index contributed by atoms with van der Waals surface area (Å²) in [5.74, 6) is 0.0786. The number of hydroxylamine groups is 1. The van der Waals surface area contributed by atoms with E-state index in [1.807, 2.05) is 13.2 Å². The number of fused-ring (bicyclic) bond motifs is 1. The predicted molar refractivity (Wildman–Crippen MR) is 93.8 cm³/mol. The summed E-state index contributed by atoms with van der Waals surface area (Å²) in [4.78, 5) is 35.4. The molecule has 0 saturated carbocycles. The maximum atomic E-state index is 12.2. The van der Waals surface area contributed by atoms with Crippen LogP contribution in [0, 0.1) is 5.41 Å². The Kier molecular flexibility index (Phi) is 5.20. The van der Waals surface area contributed by atoms with E-state index in [0.29, 0.717) is 12.4 Å². The maximum absolute atomic E-state index is 12.2. The minimum atomic E-state index is -0.648. The van der Waals surface area contributed by atoms with Crippen LogP contribution < -0.4 is 5.48 Å². The van der Waals surface area contributed by atoms with Gasteiger partial charge in [0.2, 0.25) is 5.91 Å². The van der Waals surface area contributed by atoms with E-state index in [9.17, 15) is 9.59 Å². The minimum Gasteiger partial charge on any atom is -0.342 e. The number of nitrogens with one attached hydrogen (secondary N) is 1. The molecular formula is C17H27N5O3. The van der Waals surface area contributed by atoms with Gasteiger partial charge >= 0.3 is 5.97 Å². The number of aliphatic imine (C=N–C) groups is 1. The molecule has 2 heterocycles. The van der Waals surface area contributed by atoms with E-state index in [1.165, 1.54) is 6.92 Å². The Morgan fingerprint density at radius 2 is 2.04 bits per heavy atom. The molecule has 138 valence electrons. The lowest BCUT2D eigenvalue weighted by Gasteiger charge is -2.38. The van der Waals surface area contributed by atoms with Crippen LogP contribution in [0.1, 0.15) is 57.8 Å². The van der Waals surface area contributed by atoms with Gasteiger partial charge in [-0.2, -0.15) is 5.10 Å². The first-order valence-electron chi connectivity index (χ1n) is 8.30. The van der Waals surface area contributed by atoms with Crippen molar-refractivity contribution in [3.05, 3.63) is 17.5 Å². The summed E-state index contributed by atoms with van der Waals surface area (Å²) in [6.07, 6.45) is 1.82. The first-order valence-corrected chi connectivity index (χ1v) is 8.30. The van der Waals surface area contributed by atoms with Crippen LogP contribution >= 0.6 is 0 Å². The topological polar surface area (TPSA) is 88.8 Å². The molecule has 2 atom stereocenters. The Hall–Kier alpha value is -2.38. The number of carbonyl (C=O) groups excluding carboxylic acids is 2. The second-order valence-corrected chi connectivity index (χ2v) is 7.43. The van der Waals surface area contributed by atoms with Crippen LogP contribution in [-0.2, 0) is 21.5 Å². The van der Waals surface area contributed by atoms with Crippen molar-refractivity contribution in [1.29, 1.82) is 0 Å². The third-order valence-electron chi connectivity index (χ3n) is 4.35. The molecule has 1 aliphatic rings. The lowest BCUT2D eigenvalue weighted by molar-refractivity contribution is -0.157. The fraction of sp³-hybridized carbons (Fsp3) is 0.647. The lowest BCUT2D eigenvalue weighted by Crippen LogP contribution is -2.48. The van der Waals surface area contributed by atoms with Crippen LogP contribution in [-0.4, -0.2) is 46.0 Å². The van der Waals surface area contributed by atoms with E-state index < -0.39 is 17.4 Å². The number of amidine groups is 1. The fourth-order valence-corrected chi connectivity index (χ4v) is 2.89. The molecule has 0 unspecified atom stereocenters. The van der Waals surface area contributed by atoms with Gasteiger partial charge in [-0.3, -0.25) is 14.5 Å². The number of amides is 1. The third-order valence-corrected chi connectivity index (χ3v) is 4.35. The molecule has 0 fully saturated rings. The zero-order valence-electron chi connectivity index (χ0n) is 16.0. The van der Waals surface area contributed by atoms with Gasteiger partial charge < -0.3 is 9.74 Å². The maximum Gasteiger partial charge on any atom is 0.337 e. The van der Waals surface area contributed by atoms with Crippen molar-refractivity contribution in [3.8, 4) is 0 Å². The summed E-state index contributed by atoms with van der Waals surface area (Å²) in [5, 5.41) is 4.33. The Balaban J connectivity index is 2.37. The summed E-state index contributed by atoms with van der Waals surface area (Å²) in [5.41, 5.74) is 3.95. The molecule has 2 rings (SSSR count). The van der Waals surface area contributed by atoms with Gasteiger partial charge in [0.15, 0.2) is 5.84 Å². The molecule has 0 bridgehead atoms. The normalized spacial score (nSPS) is 20.9. The van der Waals surface area contributed by atoms with E-state index in [2.05, 4.69) is 22.5 Å². The average molecular weight is 349 g/mol. The highest BCUT2D eigenvalue weighted by Crippen LogP contribution is 2.36. The highest BCUT2D eigenvalue weighted by atomic mass is 16.7. The first kappa shape index (κ1) is 19.0. The molecule has 8 nitrogen and oxygen atoms in total. The first-order chi connectivity index (χ1) is 11.6. The molecule has 8 heteroatoms. The summed E-state index contributed by atoms with van der Waals surface area (Å²) < 4.78 is 1.74. The standard InChI is InChI=1S/C17H27N5O3/c1-10-9-22(11(2)23)14(13-12(10)8-19-21(13)7)15(18-6)20-25-16(24)17(3,4)5/h8,10,14H,9H2,1-7H3,(H,18,20)/t10-,14-/m0/s1. The molecule has 0 aromatic carbocycles. The quantitative estimate of drug-likeness (QED) is 0.472.